The normalized spacial score (nSPS) is 24.0. The van der Waals surface area contributed by atoms with E-state index < -0.39 is 11.7 Å². The summed E-state index contributed by atoms with van der Waals surface area (Å²) >= 11 is 0. The van der Waals surface area contributed by atoms with Crippen molar-refractivity contribution in [2.24, 2.45) is 5.92 Å². The fourth-order valence-corrected chi connectivity index (χ4v) is 2.56. The molecular formula is C15H27NO5. The maximum Gasteiger partial charge on any atom is 0.407 e. The summed E-state index contributed by atoms with van der Waals surface area (Å²) in [6, 6.07) is -0.320. The molecular weight excluding hydrogens is 274 g/mol. The van der Waals surface area contributed by atoms with Gasteiger partial charge in [0.2, 0.25) is 0 Å². The van der Waals surface area contributed by atoms with Crippen molar-refractivity contribution in [3.05, 3.63) is 0 Å². The van der Waals surface area contributed by atoms with Crippen molar-refractivity contribution >= 4 is 12.1 Å². The van der Waals surface area contributed by atoms with E-state index in [1.807, 2.05) is 0 Å². The van der Waals surface area contributed by atoms with Crippen LogP contribution in [-0.4, -0.2) is 42.0 Å². The van der Waals surface area contributed by atoms with Crippen molar-refractivity contribution in [1.82, 2.24) is 5.32 Å². The lowest BCUT2D eigenvalue weighted by Gasteiger charge is -2.32. The number of alkyl carbamates (subject to hydrolysis) is 1. The minimum Gasteiger partial charge on any atom is -0.469 e. The van der Waals surface area contributed by atoms with Crippen LogP contribution in [0, 0.1) is 5.92 Å². The molecule has 0 aromatic carbocycles. The minimum atomic E-state index is -0.581. The molecule has 0 unspecified atom stereocenters. The van der Waals surface area contributed by atoms with Gasteiger partial charge in [-0.1, -0.05) is 0 Å². The van der Waals surface area contributed by atoms with E-state index >= 15 is 0 Å². The highest BCUT2D eigenvalue weighted by molar-refractivity contribution is 5.72. The molecule has 6 heteroatoms. The van der Waals surface area contributed by atoms with Gasteiger partial charge in [0, 0.05) is 6.04 Å². The largest absolute Gasteiger partial charge is 0.469 e. The molecule has 1 atom stereocenters. The maximum absolute atomic E-state index is 11.9. The van der Waals surface area contributed by atoms with Crippen LogP contribution in [0.25, 0.3) is 0 Å². The molecule has 0 bridgehead atoms. The average molecular weight is 301 g/mol. The molecule has 0 aromatic heterocycles. The fourth-order valence-electron chi connectivity index (χ4n) is 2.56. The van der Waals surface area contributed by atoms with Crippen molar-refractivity contribution in [2.75, 3.05) is 7.11 Å². The summed E-state index contributed by atoms with van der Waals surface area (Å²) in [5.74, 6) is -0.206. The van der Waals surface area contributed by atoms with Crippen molar-refractivity contribution in [3.63, 3.8) is 0 Å². The highest BCUT2D eigenvalue weighted by Crippen LogP contribution is 2.28. The first-order valence-corrected chi connectivity index (χ1v) is 7.45. The number of hydrogen-bond donors (Lipinski definition) is 2. The lowest BCUT2D eigenvalue weighted by molar-refractivity contribution is -0.141. The van der Waals surface area contributed by atoms with Gasteiger partial charge in [0.05, 0.1) is 19.6 Å². The molecule has 6 nitrogen and oxygen atoms in total. The summed E-state index contributed by atoms with van der Waals surface area (Å²) in [4.78, 5) is 23.4. The number of aliphatic hydroxyl groups excluding tert-OH is 1. The molecule has 1 rings (SSSR count). The van der Waals surface area contributed by atoms with Crippen LogP contribution in [0.5, 0.6) is 0 Å². The van der Waals surface area contributed by atoms with Crippen LogP contribution in [0.4, 0.5) is 4.79 Å². The zero-order valence-electron chi connectivity index (χ0n) is 13.3. The van der Waals surface area contributed by atoms with Crippen LogP contribution in [0.15, 0.2) is 0 Å². The van der Waals surface area contributed by atoms with E-state index in [4.69, 9.17) is 9.47 Å². The molecule has 21 heavy (non-hydrogen) atoms. The molecule has 0 spiro atoms. The molecule has 0 heterocycles. The lowest BCUT2D eigenvalue weighted by Crippen LogP contribution is -2.45. The molecule has 0 saturated heterocycles. The highest BCUT2D eigenvalue weighted by Gasteiger charge is 2.31. The second-order valence-electron chi connectivity index (χ2n) is 6.60. The van der Waals surface area contributed by atoms with E-state index in [0.717, 1.165) is 12.8 Å². The summed E-state index contributed by atoms with van der Waals surface area (Å²) < 4.78 is 9.94. The van der Waals surface area contributed by atoms with Crippen LogP contribution >= 0.6 is 0 Å². The third-order valence-corrected chi connectivity index (χ3v) is 3.63. The number of carbonyl (C=O) groups is 2. The number of carbonyl (C=O) groups excluding carboxylic acids is 2. The van der Waals surface area contributed by atoms with Crippen LogP contribution < -0.4 is 5.32 Å². The SMILES string of the molecule is COC(=O)C[C@H](NC(=O)OC(C)(C)C)C1CCC(O)CC1. The molecule has 0 aromatic rings. The zero-order valence-corrected chi connectivity index (χ0v) is 13.3. The first-order chi connectivity index (χ1) is 9.71. The fraction of sp³-hybridized carbons (Fsp3) is 0.867. The molecule has 1 aliphatic rings. The van der Waals surface area contributed by atoms with Gasteiger partial charge in [-0.2, -0.15) is 0 Å². The molecule has 122 valence electrons. The number of amides is 1. The van der Waals surface area contributed by atoms with Gasteiger partial charge >= 0.3 is 12.1 Å². The van der Waals surface area contributed by atoms with Gasteiger partial charge in [-0.25, -0.2) is 4.79 Å². The monoisotopic (exact) mass is 301 g/mol. The Bertz CT molecular complexity index is 356. The van der Waals surface area contributed by atoms with Crippen molar-refractivity contribution in [2.45, 2.75) is 70.6 Å². The first kappa shape index (κ1) is 17.8. The summed E-state index contributed by atoms with van der Waals surface area (Å²) in [6.45, 7) is 5.37. The predicted molar refractivity (Wildman–Crippen MR) is 77.8 cm³/mol. The first-order valence-electron chi connectivity index (χ1n) is 7.45. The van der Waals surface area contributed by atoms with E-state index in [1.54, 1.807) is 20.8 Å². The van der Waals surface area contributed by atoms with E-state index in [9.17, 15) is 14.7 Å². The number of methoxy groups -OCH3 is 1. The number of aliphatic hydroxyl groups is 1. The Labute approximate surface area is 126 Å². The van der Waals surface area contributed by atoms with E-state index in [1.165, 1.54) is 7.11 Å². The maximum atomic E-state index is 11.9. The minimum absolute atomic E-state index is 0.122. The Morgan fingerprint density at radius 1 is 1.24 bits per heavy atom. The standard InChI is InChI=1S/C15H27NO5/c1-15(2,3)21-14(19)16-12(9-13(18)20-4)10-5-7-11(17)8-6-10/h10-12,17H,5-9H2,1-4H3,(H,16,19)/t10?,11?,12-/m0/s1. The van der Waals surface area contributed by atoms with E-state index in [2.05, 4.69) is 5.32 Å². The Hall–Kier alpha value is -1.30. The quantitative estimate of drug-likeness (QED) is 0.776. The number of nitrogens with one attached hydrogen (secondary N) is 1. The Balaban J connectivity index is 2.64. The van der Waals surface area contributed by atoms with Crippen LogP contribution in [-0.2, 0) is 14.3 Å². The molecule has 2 N–H and O–H groups in total. The van der Waals surface area contributed by atoms with Crippen molar-refractivity contribution in [3.8, 4) is 0 Å². The summed E-state index contributed by atoms with van der Waals surface area (Å²) in [5.41, 5.74) is -0.581. The number of esters is 1. The van der Waals surface area contributed by atoms with Gasteiger partial charge in [-0.15, -0.1) is 0 Å². The molecule has 1 fully saturated rings. The average Bonchev–Trinajstić information content (AvgIpc) is 2.36. The number of rotatable bonds is 4. The van der Waals surface area contributed by atoms with Crippen LogP contribution in [0.3, 0.4) is 0 Å². The molecule has 1 saturated carbocycles. The molecule has 1 amide bonds. The van der Waals surface area contributed by atoms with Gasteiger partial charge in [-0.3, -0.25) is 4.79 Å². The Kier molecular flexibility index (Phi) is 6.45. The van der Waals surface area contributed by atoms with Crippen LogP contribution in [0.2, 0.25) is 0 Å². The molecule has 0 aliphatic heterocycles. The Morgan fingerprint density at radius 3 is 2.29 bits per heavy atom. The summed E-state index contributed by atoms with van der Waals surface area (Å²) in [5, 5.41) is 12.3. The second-order valence-corrected chi connectivity index (χ2v) is 6.60. The summed E-state index contributed by atoms with van der Waals surface area (Å²) in [6.07, 6.45) is 2.26. The van der Waals surface area contributed by atoms with Crippen molar-refractivity contribution < 1.29 is 24.2 Å². The van der Waals surface area contributed by atoms with Crippen LogP contribution in [0.1, 0.15) is 52.9 Å². The third-order valence-electron chi connectivity index (χ3n) is 3.63. The number of hydrogen-bond acceptors (Lipinski definition) is 5. The molecule has 0 radical (unpaired) electrons. The van der Waals surface area contributed by atoms with Crippen molar-refractivity contribution in [1.29, 1.82) is 0 Å². The Morgan fingerprint density at radius 2 is 1.81 bits per heavy atom. The van der Waals surface area contributed by atoms with Gasteiger partial charge in [0.1, 0.15) is 5.60 Å². The van der Waals surface area contributed by atoms with E-state index in [0.29, 0.717) is 12.8 Å². The highest BCUT2D eigenvalue weighted by atomic mass is 16.6. The summed E-state index contributed by atoms with van der Waals surface area (Å²) in [7, 11) is 1.33. The molecule has 1 aliphatic carbocycles. The zero-order chi connectivity index (χ0) is 16.0. The number of ether oxygens (including phenoxy) is 2. The van der Waals surface area contributed by atoms with E-state index in [-0.39, 0.29) is 30.5 Å². The van der Waals surface area contributed by atoms with Gasteiger partial charge in [0.25, 0.3) is 0 Å². The van der Waals surface area contributed by atoms with Gasteiger partial charge in [0.15, 0.2) is 0 Å². The lowest BCUT2D eigenvalue weighted by atomic mass is 9.81. The second kappa shape index (κ2) is 7.64. The van der Waals surface area contributed by atoms with Gasteiger partial charge < -0.3 is 19.9 Å². The smallest absolute Gasteiger partial charge is 0.407 e. The van der Waals surface area contributed by atoms with Gasteiger partial charge in [-0.05, 0) is 52.4 Å². The topological polar surface area (TPSA) is 84.9 Å². The predicted octanol–water partition coefficient (Wildman–Crippen LogP) is 1.99. The third kappa shape index (κ3) is 6.80.